The van der Waals surface area contributed by atoms with E-state index in [-0.39, 0.29) is 23.7 Å². The maximum Gasteiger partial charge on any atom is 0.416 e. The van der Waals surface area contributed by atoms with Gasteiger partial charge in [0, 0.05) is 6.20 Å². The van der Waals surface area contributed by atoms with Gasteiger partial charge in [-0.3, -0.25) is 4.79 Å². The molecule has 1 aliphatic carbocycles. The second-order valence-electron chi connectivity index (χ2n) is 8.73. The Morgan fingerprint density at radius 2 is 1.83 bits per heavy atom. The number of aromatic nitrogens is 5. The van der Waals surface area contributed by atoms with Crippen LogP contribution in [0.4, 0.5) is 24.8 Å². The van der Waals surface area contributed by atoms with Gasteiger partial charge in [-0.15, -0.1) is 5.10 Å². The molecule has 0 aliphatic heterocycles. The van der Waals surface area contributed by atoms with E-state index in [0.29, 0.717) is 30.0 Å². The third-order valence-electron chi connectivity index (χ3n) is 6.21. The van der Waals surface area contributed by atoms with Crippen LogP contribution in [0.5, 0.6) is 0 Å². The first-order valence-corrected chi connectivity index (χ1v) is 11.3. The lowest BCUT2D eigenvalue weighted by Gasteiger charge is -2.29. The molecule has 0 spiro atoms. The van der Waals surface area contributed by atoms with Crippen molar-refractivity contribution >= 4 is 17.5 Å². The van der Waals surface area contributed by atoms with E-state index in [1.54, 1.807) is 16.9 Å². The van der Waals surface area contributed by atoms with E-state index in [1.807, 2.05) is 37.3 Å². The van der Waals surface area contributed by atoms with Gasteiger partial charge in [-0.1, -0.05) is 29.5 Å². The number of aryl methyl sites for hydroxylation is 1. The van der Waals surface area contributed by atoms with Crippen molar-refractivity contribution in [3.63, 3.8) is 0 Å². The standard InChI is InChI=1S/C25H22F3N7O/c1-14-10-19(31-23(11-14)32-22-12-15(8-9-30-22)25(26,27)28)20-13-35(34-33-20)21-7-6-18(24(29)36)16-4-2-3-5-17(16)21/h2-5,8-13,18,21H,6-7H2,1H3,(H2,29,36)(H,30,31,32). The average molecular weight is 493 g/mol. The Hall–Kier alpha value is -4.28. The van der Waals surface area contributed by atoms with Crippen molar-refractivity contribution in [1.29, 1.82) is 0 Å². The molecule has 11 heteroatoms. The number of nitrogens with zero attached hydrogens (tertiary/aromatic N) is 5. The van der Waals surface area contributed by atoms with Crippen molar-refractivity contribution < 1.29 is 18.0 Å². The molecule has 0 saturated heterocycles. The summed E-state index contributed by atoms with van der Waals surface area (Å²) in [7, 11) is 0. The summed E-state index contributed by atoms with van der Waals surface area (Å²) >= 11 is 0. The SMILES string of the molecule is Cc1cc(Nc2cc(C(F)(F)F)ccn2)nc(-c2cn(C3CCC(C(N)=O)c4ccccc43)nn2)c1. The number of fused-ring (bicyclic) bond motifs is 1. The van der Waals surface area contributed by atoms with Crippen molar-refractivity contribution in [2.24, 2.45) is 5.73 Å². The second-order valence-corrected chi connectivity index (χ2v) is 8.73. The Kier molecular flexibility index (Phi) is 5.91. The molecule has 0 fully saturated rings. The molecule has 1 amide bonds. The third kappa shape index (κ3) is 4.64. The molecule has 36 heavy (non-hydrogen) atoms. The zero-order valence-electron chi connectivity index (χ0n) is 19.2. The molecule has 0 radical (unpaired) electrons. The number of benzene rings is 1. The van der Waals surface area contributed by atoms with Gasteiger partial charge >= 0.3 is 6.18 Å². The highest BCUT2D eigenvalue weighted by Crippen LogP contribution is 2.39. The van der Waals surface area contributed by atoms with Gasteiger partial charge in [-0.25, -0.2) is 14.6 Å². The summed E-state index contributed by atoms with van der Waals surface area (Å²) in [5.41, 5.74) is 8.52. The van der Waals surface area contributed by atoms with E-state index in [9.17, 15) is 18.0 Å². The van der Waals surface area contributed by atoms with E-state index >= 15 is 0 Å². The van der Waals surface area contributed by atoms with Crippen LogP contribution in [0.15, 0.2) is 60.9 Å². The van der Waals surface area contributed by atoms with Crippen molar-refractivity contribution in [3.05, 3.63) is 83.2 Å². The predicted octanol–water partition coefficient (Wildman–Crippen LogP) is 4.76. The quantitative estimate of drug-likeness (QED) is 0.415. The summed E-state index contributed by atoms with van der Waals surface area (Å²) in [6.07, 6.45) is -0.327. The minimum atomic E-state index is -4.47. The summed E-state index contributed by atoms with van der Waals surface area (Å²) in [4.78, 5) is 20.4. The Labute approximate surface area is 204 Å². The minimum Gasteiger partial charge on any atom is -0.369 e. The van der Waals surface area contributed by atoms with Crippen LogP contribution in [-0.4, -0.2) is 30.9 Å². The van der Waals surface area contributed by atoms with Crippen LogP contribution in [0.1, 0.15) is 47.1 Å². The first-order valence-electron chi connectivity index (χ1n) is 11.3. The molecule has 5 rings (SSSR count). The number of hydrogen-bond acceptors (Lipinski definition) is 6. The highest BCUT2D eigenvalue weighted by molar-refractivity contribution is 5.82. The maximum absolute atomic E-state index is 13.1. The highest BCUT2D eigenvalue weighted by Gasteiger charge is 2.32. The summed E-state index contributed by atoms with van der Waals surface area (Å²) in [6, 6.07) is 12.9. The number of hydrogen-bond donors (Lipinski definition) is 2. The number of carbonyl (C=O) groups is 1. The topological polar surface area (TPSA) is 112 Å². The fraction of sp³-hybridized carbons (Fsp3) is 0.240. The third-order valence-corrected chi connectivity index (χ3v) is 6.21. The van der Waals surface area contributed by atoms with Crippen LogP contribution in [-0.2, 0) is 11.0 Å². The fourth-order valence-electron chi connectivity index (χ4n) is 4.55. The van der Waals surface area contributed by atoms with Gasteiger partial charge < -0.3 is 11.1 Å². The molecule has 2 unspecified atom stereocenters. The number of amides is 1. The van der Waals surface area contributed by atoms with Crippen molar-refractivity contribution in [1.82, 2.24) is 25.0 Å². The number of nitrogens with two attached hydrogens (primary N) is 1. The molecule has 3 N–H and O–H groups in total. The molecule has 4 aromatic rings. The maximum atomic E-state index is 13.1. The first kappa shape index (κ1) is 23.5. The molecule has 8 nitrogen and oxygen atoms in total. The average Bonchev–Trinajstić information content (AvgIpc) is 3.33. The van der Waals surface area contributed by atoms with Gasteiger partial charge in [-0.2, -0.15) is 13.2 Å². The number of anilines is 2. The van der Waals surface area contributed by atoms with Crippen LogP contribution >= 0.6 is 0 Å². The normalized spacial score (nSPS) is 17.4. The molecular formula is C25H22F3N7O. The van der Waals surface area contributed by atoms with E-state index < -0.39 is 11.7 Å². The fourth-order valence-corrected chi connectivity index (χ4v) is 4.55. The monoisotopic (exact) mass is 493 g/mol. The van der Waals surface area contributed by atoms with Gasteiger partial charge in [0.25, 0.3) is 0 Å². The lowest BCUT2D eigenvalue weighted by atomic mass is 9.80. The van der Waals surface area contributed by atoms with Crippen LogP contribution < -0.4 is 11.1 Å². The van der Waals surface area contributed by atoms with Crippen LogP contribution in [0.25, 0.3) is 11.4 Å². The summed E-state index contributed by atoms with van der Waals surface area (Å²) in [5, 5.41) is 11.5. The molecule has 3 aromatic heterocycles. The molecule has 0 bridgehead atoms. The van der Waals surface area contributed by atoms with Crippen LogP contribution in [0, 0.1) is 6.92 Å². The number of pyridine rings is 2. The predicted molar refractivity (Wildman–Crippen MR) is 126 cm³/mol. The Morgan fingerprint density at radius 1 is 1.06 bits per heavy atom. The summed E-state index contributed by atoms with van der Waals surface area (Å²) in [6.45, 7) is 1.85. The molecule has 1 aliphatic rings. The number of carbonyl (C=O) groups excluding carboxylic acids is 1. The van der Waals surface area contributed by atoms with Gasteiger partial charge in [0.2, 0.25) is 5.91 Å². The number of alkyl halides is 3. The zero-order valence-corrected chi connectivity index (χ0v) is 19.2. The molecule has 184 valence electrons. The lowest BCUT2D eigenvalue weighted by molar-refractivity contribution is -0.137. The summed E-state index contributed by atoms with van der Waals surface area (Å²) < 4.78 is 40.9. The highest BCUT2D eigenvalue weighted by atomic mass is 19.4. The molecule has 1 aromatic carbocycles. The van der Waals surface area contributed by atoms with Gasteiger partial charge in [0.15, 0.2) is 0 Å². The molecular weight excluding hydrogens is 471 g/mol. The Bertz CT molecular complexity index is 1430. The van der Waals surface area contributed by atoms with Gasteiger partial charge in [0.1, 0.15) is 17.3 Å². The Balaban J connectivity index is 1.43. The lowest BCUT2D eigenvalue weighted by Crippen LogP contribution is -2.28. The van der Waals surface area contributed by atoms with Crippen molar-refractivity contribution in [2.75, 3.05) is 5.32 Å². The summed E-state index contributed by atoms with van der Waals surface area (Å²) in [5.74, 6) is -0.324. The van der Waals surface area contributed by atoms with Gasteiger partial charge in [0.05, 0.1) is 29.4 Å². The number of halogens is 3. The van der Waals surface area contributed by atoms with Crippen LogP contribution in [0.2, 0.25) is 0 Å². The van der Waals surface area contributed by atoms with E-state index in [2.05, 4.69) is 25.6 Å². The molecule has 2 atom stereocenters. The zero-order chi connectivity index (χ0) is 25.4. The smallest absolute Gasteiger partial charge is 0.369 e. The number of primary amides is 1. The Morgan fingerprint density at radius 3 is 2.58 bits per heavy atom. The largest absolute Gasteiger partial charge is 0.416 e. The van der Waals surface area contributed by atoms with Gasteiger partial charge in [-0.05, 0) is 60.7 Å². The van der Waals surface area contributed by atoms with Crippen molar-refractivity contribution in [2.45, 2.75) is 37.9 Å². The second kappa shape index (κ2) is 9.06. The minimum absolute atomic E-state index is 0.0281. The number of rotatable bonds is 5. The molecule has 0 saturated carbocycles. The van der Waals surface area contributed by atoms with E-state index in [1.165, 1.54) is 0 Å². The first-order chi connectivity index (χ1) is 17.2. The van der Waals surface area contributed by atoms with E-state index in [4.69, 9.17) is 5.73 Å². The number of nitrogens with one attached hydrogen (secondary N) is 1. The van der Waals surface area contributed by atoms with Crippen molar-refractivity contribution in [3.8, 4) is 11.4 Å². The molecule has 3 heterocycles. The van der Waals surface area contributed by atoms with E-state index in [0.717, 1.165) is 35.0 Å². The van der Waals surface area contributed by atoms with Crippen LogP contribution in [0.3, 0.4) is 0 Å².